The highest BCUT2D eigenvalue weighted by atomic mass is 35.5. The summed E-state index contributed by atoms with van der Waals surface area (Å²) in [6, 6.07) is 15.9. The summed E-state index contributed by atoms with van der Waals surface area (Å²) in [7, 11) is 1.82. The number of hydrogen-bond acceptors (Lipinski definition) is 4. The number of para-hydroxylation sites is 2. The number of carbonyl (C=O) groups is 1. The fourth-order valence-electron chi connectivity index (χ4n) is 5.78. The van der Waals surface area contributed by atoms with Crippen LogP contribution >= 0.6 is 12.4 Å². The maximum absolute atomic E-state index is 11.8. The molecule has 1 saturated carbocycles. The number of aromatic nitrogens is 2. The lowest BCUT2D eigenvalue weighted by Gasteiger charge is -2.55. The predicted octanol–water partition coefficient (Wildman–Crippen LogP) is 3.86. The topological polar surface area (TPSA) is 84.2 Å². The SMILES string of the molecule is CO[C@]1(c2cccc(C(N)=O)c2)[C@@H]2CCC[C@H]1CN(Cc1nc3ccccc3[nH]1)C2.Cl. The van der Waals surface area contributed by atoms with E-state index in [0.717, 1.165) is 54.9 Å². The van der Waals surface area contributed by atoms with Crippen LogP contribution in [0.2, 0.25) is 0 Å². The molecule has 2 aliphatic rings. The minimum atomic E-state index is -0.393. The molecule has 2 aromatic carbocycles. The average Bonchev–Trinajstić information content (AvgIpc) is 3.15. The molecule has 6 nitrogen and oxygen atoms in total. The number of amides is 1. The maximum Gasteiger partial charge on any atom is 0.248 e. The summed E-state index contributed by atoms with van der Waals surface area (Å²) in [6.07, 6.45) is 3.44. The number of imidazole rings is 1. The molecule has 5 rings (SSSR count). The Morgan fingerprint density at radius 3 is 2.61 bits per heavy atom. The van der Waals surface area contributed by atoms with E-state index in [1.165, 1.54) is 6.42 Å². The molecule has 164 valence electrons. The monoisotopic (exact) mass is 440 g/mol. The number of H-pyrrole nitrogens is 1. The van der Waals surface area contributed by atoms with E-state index in [1.807, 2.05) is 37.4 Å². The van der Waals surface area contributed by atoms with Crippen molar-refractivity contribution >= 4 is 29.3 Å². The van der Waals surface area contributed by atoms with Crippen LogP contribution in [0.15, 0.2) is 48.5 Å². The van der Waals surface area contributed by atoms with E-state index in [2.05, 4.69) is 22.0 Å². The van der Waals surface area contributed by atoms with E-state index in [1.54, 1.807) is 6.07 Å². The fourth-order valence-corrected chi connectivity index (χ4v) is 5.78. The number of fused-ring (bicyclic) bond motifs is 3. The van der Waals surface area contributed by atoms with E-state index >= 15 is 0 Å². The second-order valence-corrected chi connectivity index (χ2v) is 8.66. The third-order valence-corrected chi connectivity index (χ3v) is 7.02. The van der Waals surface area contributed by atoms with E-state index in [-0.39, 0.29) is 18.0 Å². The van der Waals surface area contributed by atoms with Crippen molar-refractivity contribution in [3.8, 4) is 0 Å². The van der Waals surface area contributed by atoms with Crippen LogP contribution in [0.1, 0.15) is 41.0 Å². The van der Waals surface area contributed by atoms with Crippen molar-refractivity contribution in [2.24, 2.45) is 17.6 Å². The molecule has 2 heterocycles. The standard InChI is InChI=1S/C24H28N4O2.ClH/c1-30-24(17-7-4-6-16(12-17)23(25)29)18-8-5-9-19(24)14-28(13-18)15-22-26-20-10-2-3-11-21(20)27-22;/h2-4,6-7,10-12,18-19H,5,8-9,13-15H2,1H3,(H2,25,29)(H,26,27);1H/t18-,19+,24-;. The number of ether oxygens (including phenoxy) is 1. The molecular formula is C24H29ClN4O2. The van der Waals surface area contributed by atoms with Crippen molar-refractivity contribution in [1.29, 1.82) is 0 Å². The molecule has 3 atom stereocenters. The quantitative estimate of drug-likeness (QED) is 0.631. The summed E-state index contributed by atoms with van der Waals surface area (Å²) in [6.45, 7) is 2.70. The van der Waals surface area contributed by atoms with Crippen molar-refractivity contribution in [2.45, 2.75) is 31.4 Å². The first-order valence-corrected chi connectivity index (χ1v) is 10.7. The minimum Gasteiger partial charge on any atom is -0.373 e. The van der Waals surface area contributed by atoms with Crippen molar-refractivity contribution in [3.05, 3.63) is 65.5 Å². The van der Waals surface area contributed by atoms with Gasteiger partial charge in [0.1, 0.15) is 11.4 Å². The number of benzene rings is 2. The van der Waals surface area contributed by atoms with Crippen LogP contribution in [0, 0.1) is 11.8 Å². The molecule has 0 radical (unpaired) electrons. The molecule has 3 N–H and O–H groups in total. The summed E-state index contributed by atoms with van der Waals surface area (Å²) in [5.41, 5.74) is 8.91. The van der Waals surface area contributed by atoms with Crippen LogP contribution in [0.25, 0.3) is 11.0 Å². The van der Waals surface area contributed by atoms with Gasteiger partial charge in [-0.3, -0.25) is 9.69 Å². The Morgan fingerprint density at radius 1 is 1.19 bits per heavy atom. The number of hydrogen-bond donors (Lipinski definition) is 2. The van der Waals surface area contributed by atoms with Crippen molar-refractivity contribution < 1.29 is 9.53 Å². The molecule has 1 aliphatic carbocycles. The number of carbonyl (C=O) groups excluding carboxylic acids is 1. The summed E-state index contributed by atoms with van der Waals surface area (Å²) < 4.78 is 6.31. The van der Waals surface area contributed by atoms with E-state index in [9.17, 15) is 4.79 Å². The van der Waals surface area contributed by atoms with Crippen LogP contribution < -0.4 is 5.73 Å². The van der Waals surface area contributed by atoms with Crippen LogP contribution in [-0.2, 0) is 16.9 Å². The van der Waals surface area contributed by atoms with E-state index in [0.29, 0.717) is 17.4 Å². The second-order valence-electron chi connectivity index (χ2n) is 8.66. The number of nitrogens with two attached hydrogens (primary N) is 1. The van der Waals surface area contributed by atoms with Gasteiger partial charge in [-0.1, -0.05) is 30.7 Å². The number of rotatable bonds is 5. The molecule has 1 amide bonds. The first-order chi connectivity index (χ1) is 14.6. The summed E-state index contributed by atoms with van der Waals surface area (Å²) in [5, 5.41) is 0. The zero-order valence-corrected chi connectivity index (χ0v) is 18.5. The molecule has 3 aromatic rings. The summed E-state index contributed by atoms with van der Waals surface area (Å²) in [5.74, 6) is 1.34. The molecule has 0 unspecified atom stereocenters. The smallest absolute Gasteiger partial charge is 0.248 e. The van der Waals surface area contributed by atoms with E-state index < -0.39 is 5.91 Å². The van der Waals surface area contributed by atoms with Gasteiger partial charge in [-0.15, -0.1) is 12.4 Å². The lowest BCUT2D eigenvalue weighted by Crippen LogP contribution is -2.58. The highest BCUT2D eigenvalue weighted by Gasteiger charge is 2.53. The third kappa shape index (κ3) is 3.73. The van der Waals surface area contributed by atoms with Gasteiger partial charge in [0.15, 0.2) is 0 Å². The van der Waals surface area contributed by atoms with Crippen LogP contribution in [0.5, 0.6) is 0 Å². The second kappa shape index (κ2) is 8.61. The van der Waals surface area contributed by atoms with Gasteiger partial charge in [-0.2, -0.15) is 0 Å². The van der Waals surface area contributed by atoms with Gasteiger partial charge in [0, 0.05) is 37.6 Å². The van der Waals surface area contributed by atoms with Crippen molar-refractivity contribution in [2.75, 3.05) is 20.2 Å². The lowest BCUT2D eigenvalue weighted by atomic mass is 9.62. The first-order valence-electron chi connectivity index (χ1n) is 10.7. The summed E-state index contributed by atoms with van der Waals surface area (Å²) in [4.78, 5) is 22.5. The molecule has 2 fully saturated rings. The van der Waals surface area contributed by atoms with Crippen molar-refractivity contribution in [1.82, 2.24) is 14.9 Å². The largest absolute Gasteiger partial charge is 0.373 e. The van der Waals surface area contributed by atoms with Gasteiger partial charge in [0.05, 0.1) is 17.6 Å². The number of likely N-dealkylation sites (tertiary alicyclic amines) is 1. The van der Waals surface area contributed by atoms with Crippen LogP contribution in [0.4, 0.5) is 0 Å². The highest BCUT2D eigenvalue weighted by molar-refractivity contribution is 5.93. The number of nitrogens with zero attached hydrogens (tertiary/aromatic N) is 2. The first kappa shape index (κ1) is 21.8. The molecule has 7 heteroatoms. The van der Waals surface area contributed by atoms with Gasteiger partial charge < -0.3 is 15.5 Å². The fraction of sp³-hybridized carbons (Fsp3) is 0.417. The molecule has 31 heavy (non-hydrogen) atoms. The zero-order valence-electron chi connectivity index (χ0n) is 17.7. The van der Waals surface area contributed by atoms with Gasteiger partial charge in [0.25, 0.3) is 0 Å². The van der Waals surface area contributed by atoms with Crippen molar-refractivity contribution in [3.63, 3.8) is 0 Å². The lowest BCUT2D eigenvalue weighted by molar-refractivity contribution is -0.170. The summed E-state index contributed by atoms with van der Waals surface area (Å²) >= 11 is 0. The number of piperidine rings is 1. The maximum atomic E-state index is 11.8. The Bertz CT molecular complexity index is 1040. The third-order valence-electron chi connectivity index (χ3n) is 7.02. The number of aromatic amines is 1. The van der Waals surface area contributed by atoms with Gasteiger partial charge in [-0.05, 0) is 42.7 Å². The number of nitrogens with one attached hydrogen (secondary N) is 1. The Labute approximate surface area is 188 Å². The zero-order chi connectivity index (χ0) is 20.7. The Kier molecular flexibility index (Phi) is 6.06. The molecule has 1 aromatic heterocycles. The van der Waals surface area contributed by atoms with Gasteiger partial charge in [-0.25, -0.2) is 4.98 Å². The van der Waals surface area contributed by atoms with Gasteiger partial charge in [0.2, 0.25) is 5.91 Å². The van der Waals surface area contributed by atoms with Crippen LogP contribution in [0.3, 0.4) is 0 Å². The number of primary amides is 1. The Hall–Kier alpha value is -2.41. The molecule has 1 saturated heterocycles. The molecular weight excluding hydrogens is 412 g/mol. The Morgan fingerprint density at radius 2 is 1.94 bits per heavy atom. The Balaban J connectivity index is 0.00000231. The van der Waals surface area contributed by atoms with Crippen LogP contribution in [-0.4, -0.2) is 41.0 Å². The predicted molar refractivity (Wildman–Crippen MR) is 123 cm³/mol. The molecule has 2 bridgehead atoms. The normalized spacial score (nSPS) is 25.8. The molecule has 0 spiro atoms. The number of halogens is 1. The van der Waals surface area contributed by atoms with E-state index in [4.69, 9.17) is 15.5 Å². The number of methoxy groups -OCH3 is 1. The average molecular weight is 441 g/mol. The molecule has 1 aliphatic heterocycles. The highest BCUT2D eigenvalue weighted by Crippen LogP contribution is 2.51. The van der Waals surface area contributed by atoms with Gasteiger partial charge >= 0.3 is 0 Å². The minimum absolute atomic E-state index is 0.